The lowest BCUT2D eigenvalue weighted by Gasteiger charge is -2.18. The topological polar surface area (TPSA) is 107 Å². The second-order valence-electron chi connectivity index (χ2n) is 22.8. The van der Waals surface area contributed by atoms with E-state index < -0.39 is 0 Å². The number of ether oxygens (including phenoxy) is 4. The van der Waals surface area contributed by atoms with E-state index in [9.17, 15) is 0 Å². The molecule has 412 valence electrons. The van der Waals surface area contributed by atoms with E-state index in [1.54, 1.807) is 28.4 Å². The van der Waals surface area contributed by atoms with Crippen LogP contribution in [-0.4, -0.2) is 120 Å². The van der Waals surface area contributed by atoms with Crippen LogP contribution in [0.25, 0.3) is 78.7 Å². The Balaban J connectivity index is 1.10. The highest BCUT2D eigenvalue weighted by molar-refractivity contribution is 5.98. The number of hydrogen-bond donors (Lipinski definition) is 2. The zero-order valence-electron chi connectivity index (χ0n) is 47.3. The maximum absolute atomic E-state index is 6.09. The van der Waals surface area contributed by atoms with Crippen molar-refractivity contribution >= 4 is 34.2 Å². The number of aryl methyl sites for hydroxylation is 2. The van der Waals surface area contributed by atoms with Crippen molar-refractivity contribution in [3.63, 3.8) is 0 Å². The second kappa shape index (κ2) is 23.1. The first-order valence-corrected chi connectivity index (χ1v) is 29.4. The van der Waals surface area contributed by atoms with Gasteiger partial charge in [-0.3, -0.25) is 24.6 Å². The van der Waals surface area contributed by atoms with Crippen molar-refractivity contribution in [2.45, 2.75) is 90.4 Å². The summed E-state index contributed by atoms with van der Waals surface area (Å²) in [5.74, 6) is 3.63. The lowest BCUT2D eigenvalue weighted by atomic mass is 9.98. The lowest BCUT2D eigenvalue weighted by molar-refractivity contribution is 0.321. The predicted octanol–water partition coefficient (Wildman–Crippen LogP) is 13.4. The van der Waals surface area contributed by atoms with Gasteiger partial charge in [0.1, 0.15) is 23.0 Å². The Labute approximate surface area is 471 Å². The molecule has 12 nitrogen and oxygen atoms in total. The molecule has 7 aromatic rings. The van der Waals surface area contributed by atoms with Crippen LogP contribution in [0.3, 0.4) is 0 Å². The maximum Gasteiger partial charge on any atom is 0.123 e. The quantitative estimate of drug-likeness (QED) is 0.0971. The molecule has 3 aromatic heterocycles. The summed E-state index contributed by atoms with van der Waals surface area (Å²) in [6.07, 6.45) is 15.7. The summed E-state index contributed by atoms with van der Waals surface area (Å²) in [6, 6.07) is 35.9. The second-order valence-corrected chi connectivity index (χ2v) is 22.8. The number of fused-ring (bicyclic) bond motifs is 8. The number of methoxy groups -OCH3 is 4. The summed E-state index contributed by atoms with van der Waals surface area (Å²) in [5, 5.41) is 0. The van der Waals surface area contributed by atoms with E-state index in [-0.39, 0.29) is 0 Å². The van der Waals surface area contributed by atoms with Gasteiger partial charge in [-0.05, 0) is 224 Å². The molecule has 6 aliphatic heterocycles. The molecule has 0 radical (unpaired) electrons. The van der Waals surface area contributed by atoms with Crippen LogP contribution in [0.15, 0.2) is 97.1 Å². The van der Waals surface area contributed by atoms with Crippen molar-refractivity contribution in [2.75, 3.05) is 80.8 Å². The largest absolute Gasteiger partial charge is 0.496 e. The predicted molar refractivity (Wildman–Crippen MR) is 323 cm³/mol. The van der Waals surface area contributed by atoms with Crippen LogP contribution in [0.4, 0.5) is 0 Å². The van der Waals surface area contributed by atoms with Gasteiger partial charge in [0.25, 0.3) is 0 Å². The normalized spacial score (nSPS) is 17.1. The number of H-pyrrole nitrogens is 2. The minimum atomic E-state index is 0.770. The fourth-order valence-corrected chi connectivity index (χ4v) is 13.7. The minimum Gasteiger partial charge on any atom is -0.496 e. The van der Waals surface area contributed by atoms with E-state index in [0.29, 0.717) is 0 Å². The molecule has 0 saturated carbocycles. The Morgan fingerprint density at radius 3 is 0.912 bits per heavy atom. The summed E-state index contributed by atoms with van der Waals surface area (Å²) in [5.41, 5.74) is 21.2. The third-order valence-electron chi connectivity index (χ3n) is 17.7. The van der Waals surface area contributed by atoms with E-state index in [2.05, 4.69) is 139 Å². The highest BCUT2D eigenvalue weighted by Crippen LogP contribution is 2.42. The summed E-state index contributed by atoms with van der Waals surface area (Å²) < 4.78 is 24.3. The number of nitrogens with zero attached hydrogens (tertiary/aromatic N) is 6. The number of aromatic nitrogens is 4. The molecule has 9 heterocycles. The van der Waals surface area contributed by atoms with Crippen LogP contribution in [0.5, 0.6) is 23.0 Å². The molecular formula is C68H76N8O4. The zero-order chi connectivity index (χ0) is 54.1. The Bertz CT molecular complexity index is 3400. The maximum atomic E-state index is 6.09. The average Bonchev–Trinajstić information content (AvgIpc) is 4.36. The van der Waals surface area contributed by atoms with Crippen molar-refractivity contribution in [1.82, 2.24) is 39.5 Å². The van der Waals surface area contributed by atoms with Crippen molar-refractivity contribution in [3.8, 4) is 67.5 Å². The van der Waals surface area contributed by atoms with Crippen LogP contribution < -0.4 is 18.9 Å². The third-order valence-corrected chi connectivity index (χ3v) is 17.7. The fourth-order valence-electron chi connectivity index (χ4n) is 13.7. The average molecular weight is 1070 g/mol. The van der Waals surface area contributed by atoms with Crippen molar-refractivity contribution < 1.29 is 18.9 Å². The molecule has 8 bridgehead atoms. The van der Waals surface area contributed by atoms with Gasteiger partial charge in [-0.1, -0.05) is 24.3 Å². The molecule has 4 aromatic carbocycles. The molecule has 2 N–H and O–H groups in total. The van der Waals surface area contributed by atoms with Crippen LogP contribution in [0, 0.1) is 0 Å². The molecule has 12 heteroatoms. The number of benzene rings is 4. The van der Waals surface area contributed by atoms with Crippen LogP contribution >= 0.6 is 0 Å². The minimum absolute atomic E-state index is 0.770. The standard InChI is InChI=1S/C68H76N8O4/c1-77-61-25-13-45(37-49(61)41-73-29-5-6-30-73)65-53-17-19-55(69-53)66(46-14-26-62(78-2)50(38-46)42-74-31-7-8-32-74)57-21-23-59(71-57)68(48-16-28-64(80-4)52(40-48)44-76-35-11-12-36-76)60-24-22-58(72-60)67(56-20-18-54(65)70-56)47-15-27-63(79-3)51(39-47)43-75-33-9-10-34-75/h13-21,23,25-28,37-40,70-71H,5-12,22,24,29-36,41-44H2,1-4H3. The highest BCUT2D eigenvalue weighted by Gasteiger charge is 2.26. The summed E-state index contributed by atoms with van der Waals surface area (Å²) in [6.45, 7) is 12.1. The summed E-state index contributed by atoms with van der Waals surface area (Å²) in [4.78, 5) is 29.9. The fraction of sp³-hybridized carbons (Fsp3) is 0.382. The van der Waals surface area contributed by atoms with Gasteiger partial charge in [0.15, 0.2) is 0 Å². The molecule has 4 saturated heterocycles. The lowest BCUT2D eigenvalue weighted by Crippen LogP contribution is -2.18. The Hall–Kier alpha value is -7.22. The van der Waals surface area contributed by atoms with Crippen LogP contribution in [-0.2, 0) is 39.0 Å². The van der Waals surface area contributed by atoms with Crippen molar-refractivity contribution in [2.24, 2.45) is 0 Å². The Kier molecular flexibility index (Phi) is 15.1. The molecule has 0 aliphatic carbocycles. The van der Waals surface area contributed by atoms with E-state index in [0.717, 1.165) is 204 Å². The van der Waals surface area contributed by atoms with Crippen LogP contribution in [0.2, 0.25) is 0 Å². The first kappa shape index (κ1) is 52.2. The summed E-state index contributed by atoms with van der Waals surface area (Å²) in [7, 11) is 7.16. The van der Waals surface area contributed by atoms with Crippen molar-refractivity contribution in [3.05, 3.63) is 142 Å². The molecule has 0 spiro atoms. The molecule has 80 heavy (non-hydrogen) atoms. The number of likely N-dealkylation sites (tertiary alicyclic amines) is 4. The number of nitrogens with one attached hydrogen (secondary N) is 2. The van der Waals surface area contributed by atoms with Gasteiger partial charge in [-0.15, -0.1) is 0 Å². The van der Waals surface area contributed by atoms with Gasteiger partial charge in [0.2, 0.25) is 0 Å². The van der Waals surface area contributed by atoms with Gasteiger partial charge in [0.05, 0.1) is 51.2 Å². The molecule has 6 aliphatic rings. The SMILES string of the molecule is COc1ccc(-c2c3nc(c(-c4ccc(OC)c(CN5CCCC5)c4)c4ccc([nH]4)c(-c4ccc(OC)c(CN5CCCC5)c4)c4nc(c(-c5ccc(OC)c(CN6CCCC6)c5)c5ccc2[nH]5)CC4)C=C3)cc1CN1CCCC1. The molecule has 0 amide bonds. The Morgan fingerprint density at radius 1 is 0.350 bits per heavy atom. The van der Waals surface area contributed by atoms with E-state index in [4.69, 9.17) is 28.9 Å². The summed E-state index contributed by atoms with van der Waals surface area (Å²) >= 11 is 0. The molecular weight excluding hydrogens is 993 g/mol. The molecule has 0 unspecified atom stereocenters. The number of rotatable bonds is 16. The molecule has 4 fully saturated rings. The first-order valence-electron chi connectivity index (χ1n) is 29.4. The monoisotopic (exact) mass is 1070 g/mol. The van der Waals surface area contributed by atoms with Crippen molar-refractivity contribution in [1.29, 1.82) is 0 Å². The van der Waals surface area contributed by atoms with E-state index in [1.165, 1.54) is 73.6 Å². The molecule has 13 rings (SSSR count). The smallest absolute Gasteiger partial charge is 0.123 e. The molecule has 0 atom stereocenters. The number of hydrogen-bond acceptors (Lipinski definition) is 10. The van der Waals surface area contributed by atoms with Crippen LogP contribution in [0.1, 0.15) is 96.4 Å². The first-order chi connectivity index (χ1) is 39.4. The Morgan fingerprint density at radius 2 is 0.625 bits per heavy atom. The van der Waals surface area contributed by atoms with Gasteiger partial charge >= 0.3 is 0 Å². The van der Waals surface area contributed by atoms with Gasteiger partial charge < -0.3 is 28.9 Å². The zero-order valence-corrected chi connectivity index (χ0v) is 47.3. The third kappa shape index (κ3) is 10.5. The number of aromatic amines is 2. The van der Waals surface area contributed by atoms with E-state index >= 15 is 0 Å². The van der Waals surface area contributed by atoms with Gasteiger partial charge in [-0.2, -0.15) is 0 Å². The van der Waals surface area contributed by atoms with Gasteiger partial charge in [0, 0.05) is 92.8 Å². The van der Waals surface area contributed by atoms with Gasteiger partial charge in [-0.25, -0.2) is 4.98 Å². The highest BCUT2D eigenvalue weighted by atomic mass is 16.5. The van der Waals surface area contributed by atoms with E-state index in [1.807, 2.05) is 0 Å².